The summed E-state index contributed by atoms with van der Waals surface area (Å²) < 4.78 is 11.0. The third kappa shape index (κ3) is 3.04. The third-order valence-electron chi connectivity index (χ3n) is 1.53. The molecule has 0 amide bonds. The number of halogens is 1. The predicted molar refractivity (Wildman–Crippen MR) is 49.0 cm³/mol. The molecule has 11 heavy (non-hydrogen) atoms. The second-order valence-corrected chi connectivity index (χ2v) is 4.02. The average Bonchev–Trinajstić information content (AvgIpc) is 2.37. The van der Waals surface area contributed by atoms with Gasteiger partial charge in [-0.1, -0.05) is 22.6 Å². The highest BCUT2D eigenvalue weighted by Crippen LogP contribution is 2.17. The van der Waals surface area contributed by atoms with E-state index in [9.17, 15) is 4.79 Å². The minimum absolute atomic E-state index is 0.190. The van der Waals surface area contributed by atoms with Crippen LogP contribution in [0.1, 0.15) is 6.42 Å². The lowest BCUT2D eigenvalue weighted by Crippen LogP contribution is -2.22. The van der Waals surface area contributed by atoms with Crippen LogP contribution >= 0.6 is 22.6 Å². The van der Waals surface area contributed by atoms with Crippen LogP contribution in [0.2, 0.25) is 0 Å². The molecule has 0 N–H and O–H groups in total. The Morgan fingerprint density at radius 3 is 3.00 bits per heavy atom. The molecule has 1 aliphatic heterocycles. The van der Waals surface area contributed by atoms with E-state index in [0.29, 0.717) is 23.6 Å². The van der Waals surface area contributed by atoms with Crippen LogP contribution in [0.15, 0.2) is 0 Å². The van der Waals surface area contributed by atoms with Crippen molar-refractivity contribution in [2.75, 3.05) is 19.8 Å². The van der Waals surface area contributed by atoms with E-state index in [-0.39, 0.29) is 6.10 Å². The van der Waals surface area contributed by atoms with E-state index in [1.165, 1.54) is 0 Å². The summed E-state index contributed by atoms with van der Waals surface area (Å²) in [5, 5.41) is 0. The topological polar surface area (TPSA) is 35.5 Å². The first-order valence-corrected chi connectivity index (χ1v) is 4.86. The van der Waals surface area contributed by atoms with E-state index in [1.54, 1.807) is 0 Å². The summed E-state index contributed by atoms with van der Waals surface area (Å²) in [5.74, 6) is 0. The predicted octanol–water partition coefficient (Wildman–Crippen LogP) is 0.794. The molecule has 1 fully saturated rings. The number of rotatable bonds is 4. The Hall–Kier alpha value is 0.320. The zero-order chi connectivity index (χ0) is 8.10. The molecule has 4 heteroatoms. The fourth-order valence-corrected chi connectivity index (χ4v) is 1.60. The Kier molecular flexibility index (Phi) is 4.32. The molecule has 0 spiro atoms. The van der Waals surface area contributed by atoms with Crippen molar-refractivity contribution in [1.82, 2.24) is 0 Å². The Morgan fingerprint density at radius 1 is 1.64 bits per heavy atom. The maximum atomic E-state index is 9.95. The van der Waals surface area contributed by atoms with Gasteiger partial charge >= 0.3 is 0 Å². The van der Waals surface area contributed by atoms with Crippen LogP contribution in [0.5, 0.6) is 0 Å². The second kappa shape index (κ2) is 5.05. The van der Waals surface area contributed by atoms with Gasteiger partial charge in [0.1, 0.15) is 6.29 Å². The maximum absolute atomic E-state index is 9.95. The summed E-state index contributed by atoms with van der Waals surface area (Å²) in [6.45, 7) is 1.97. The van der Waals surface area contributed by atoms with E-state index < -0.39 is 0 Å². The molecule has 0 bridgehead atoms. The van der Waals surface area contributed by atoms with Crippen LogP contribution < -0.4 is 0 Å². The summed E-state index contributed by atoms with van der Waals surface area (Å²) >= 11 is 2.31. The Balaban J connectivity index is 2.10. The number of hydrogen-bond donors (Lipinski definition) is 0. The third-order valence-corrected chi connectivity index (χ3v) is 2.69. The fourth-order valence-electron chi connectivity index (χ4n) is 0.929. The number of carbonyl (C=O) groups is 1. The van der Waals surface area contributed by atoms with Crippen molar-refractivity contribution in [3.63, 3.8) is 0 Å². The Bertz CT molecular complexity index is 129. The van der Waals surface area contributed by atoms with Gasteiger partial charge in [0.2, 0.25) is 0 Å². The number of aldehydes is 1. The van der Waals surface area contributed by atoms with Crippen molar-refractivity contribution in [3.8, 4) is 0 Å². The van der Waals surface area contributed by atoms with Crippen molar-refractivity contribution in [3.05, 3.63) is 0 Å². The summed E-state index contributed by atoms with van der Waals surface area (Å²) in [5.41, 5.74) is 0. The highest BCUT2D eigenvalue weighted by Gasteiger charge is 2.25. The number of ether oxygens (including phenoxy) is 2. The smallest absolute Gasteiger partial charge is 0.122 e. The first kappa shape index (κ1) is 9.41. The molecule has 1 aliphatic rings. The highest BCUT2D eigenvalue weighted by atomic mass is 127. The lowest BCUT2D eigenvalue weighted by molar-refractivity contribution is -0.109. The summed E-state index contributed by atoms with van der Waals surface area (Å²) in [7, 11) is 0. The Morgan fingerprint density at radius 2 is 2.45 bits per heavy atom. The number of hydrogen-bond acceptors (Lipinski definition) is 3. The van der Waals surface area contributed by atoms with Gasteiger partial charge in [0.15, 0.2) is 0 Å². The molecule has 1 saturated heterocycles. The number of carbonyl (C=O) groups excluding carboxylic acids is 1. The van der Waals surface area contributed by atoms with Gasteiger partial charge in [-0.2, -0.15) is 0 Å². The molecular formula is C7H11IO3. The molecule has 0 aromatic heterocycles. The maximum Gasteiger partial charge on any atom is 0.122 e. The zero-order valence-electron chi connectivity index (χ0n) is 6.16. The van der Waals surface area contributed by atoms with Crippen molar-refractivity contribution < 1.29 is 14.3 Å². The molecular weight excluding hydrogens is 259 g/mol. The molecule has 1 heterocycles. The quantitative estimate of drug-likeness (QED) is 0.328. The standard InChI is InChI=1S/C7H11IO3/c8-6-4-10-5-7(6)11-3-1-2-9/h2,6-7H,1,3-5H2/t6-,7?/m0/s1. The highest BCUT2D eigenvalue weighted by molar-refractivity contribution is 14.1. The van der Waals surface area contributed by atoms with Gasteiger partial charge in [0.05, 0.1) is 29.8 Å². The minimum atomic E-state index is 0.190. The van der Waals surface area contributed by atoms with E-state index in [0.717, 1.165) is 12.9 Å². The van der Waals surface area contributed by atoms with Crippen LogP contribution in [-0.4, -0.2) is 36.1 Å². The monoisotopic (exact) mass is 270 g/mol. The van der Waals surface area contributed by atoms with Gasteiger partial charge in [-0.25, -0.2) is 0 Å². The molecule has 1 unspecified atom stereocenters. The van der Waals surface area contributed by atoms with E-state index in [2.05, 4.69) is 22.6 Å². The Labute approximate surface area is 79.6 Å². The first-order valence-electron chi connectivity index (χ1n) is 3.61. The van der Waals surface area contributed by atoms with Gasteiger partial charge in [-0.15, -0.1) is 0 Å². The molecule has 2 atom stereocenters. The van der Waals surface area contributed by atoms with Crippen LogP contribution in [0.4, 0.5) is 0 Å². The molecule has 0 radical (unpaired) electrons. The normalized spacial score (nSPS) is 30.6. The van der Waals surface area contributed by atoms with Crippen LogP contribution in [0.25, 0.3) is 0 Å². The molecule has 0 aromatic carbocycles. The zero-order valence-corrected chi connectivity index (χ0v) is 8.32. The molecule has 0 saturated carbocycles. The lowest BCUT2D eigenvalue weighted by Gasteiger charge is -2.11. The van der Waals surface area contributed by atoms with Crippen LogP contribution in [-0.2, 0) is 14.3 Å². The minimum Gasteiger partial charge on any atom is -0.378 e. The van der Waals surface area contributed by atoms with Gasteiger partial charge in [-0.3, -0.25) is 0 Å². The molecule has 0 aliphatic carbocycles. The first-order chi connectivity index (χ1) is 5.34. The average molecular weight is 270 g/mol. The summed E-state index contributed by atoms with van der Waals surface area (Å²) in [6, 6.07) is 0. The van der Waals surface area contributed by atoms with Gasteiger partial charge < -0.3 is 14.3 Å². The number of alkyl halides is 1. The van der Waals surface area contributed by atoms with Crippen molar-refractivity contribution >= 4 is 28.9 Å². The van der Waals surface area contributed by atoms with Gasteiger partial charge in [-0.05, 0) is 0 Å². The van der Waals surface area contributed by atoms with Gasteiger partial charge in [0.25, 0.3) is 0 Å². The SMILES string of the molecule is O=CCCOC1COC[C@@H]1I. The van der Waals surface area contributed by atoms with Gasteiger partial charge in [0, 0.05) is 6.42 Å². The van der Waals surface area contributed by atoms with E-state index in [4.69, 9.17) is 9.47 Å². The largest absolute Gasteiger partial charge is 0.378 e. The van der Waals surface area contributed by atoms with Crippen molar-refractivity contribution in [2.24, 2.45) is 0 Å². The molecule has 64 valence electrons. The molecule has 3 nitrogen and oxygen atoms in total. The molecule has 1 rings (SSSR count). The second-order valence-electron chi connectivity index (χ2n) is 2.42. The summed E-state index contributed by atoms with van der Waals surface area (Å²) in [4.78, 5) is 9.95. The lowest BCUT2D eigenvalue weighted by atomic mass is 10.3. The summed E-state index contributed by atoms with van der Waals surface area (Å²) in [6.07, 6.45) is 1.55. The van der Waals surface area contributed by atoms with E-state index >= 15 is 0 Å². The van der Waals surface area contributed by atoms with Crippen molar-refractivity contribution in [1.29, 1.82) is 0 Å². The van der Waals surface area contributed by atoms with Crippen LogP contribution in [0.3, 0.4) is 0 Å². The molecule has 0 aromatic rings. The van der Waals surface area contributed by atoms with Crippen molar-refractivity contribution in [2.45, 2.75) is 16.4 Å². The van der Waals surface area contributed by atoms with Crippen LogP contribution in [0, 0.1) is 0 Å². The fraction of sp³-hybridized carbons (Fsp3) is 0.857. The van der Waals surface area contributed by atoms with E-state index in [1.807, 2.05) is 0 Å².